The third-order valence-corrected chi connectivity index (χ3v) is 8.03. The number of pyridine rings is 1. The molecule has 216 valence electrons. The summed E-state index contributed by atoms with van der Waals surface area (Å²) in [7, 11) is 1.64. The number of H-pyrrole nitrogens is 1. The van der Waals surface area contributed by atoms with Crippen LogP contribution in [-0.2, 0) is 6.54 Å². The van der Waals surface area contributed by atoms with Gasteiger partial charge in [-0.15, -0.1) is 0 Å². The lowest BCUT2D eigenvalue weighted by Crippen LogP contribution is -2.60. The average molecular weight is 579 g/mol. The van der Waals surface area contributed by atoms with Gasteiger partial charge in [-0.2, -0.15) is 5.10 Å². The first-order chi connectivity index (χ1) is 19.5. The molecule has 12 heteroatoms. The van der Waals surface area contributed by atoms with Crippen LogP contribution in [0, 0.1) is 5.41 Å². The Morgan fingerprint density at radius 3 is 2.68 bits per heavy atom. The molecule has 4 heterocycles. The van der Waals surface area contributed by atoms with Crippen molar-refractivity contribution >= 4 is 40.5 Å². The molecular formula is C29H35ClN8O3. The van der Waals surface area contributed by atoms with Crippen LogP contribution in [0.25, 0.3) is 22.4 Å². The molecule has 0 saturated carbocycles. The fraction of sp³-hybridized carbons (Fsp3) is 0.414. The normalized spacial score (nSPS) is 19.3. The second-order valence-electron chi connectivity index (χ2n) is 11.7. The number of aromatic nitrogens is 5. The Kier molecular flexibility index (Phi) is 7.65. The van der Waals surface area contributed by atoms with Crippen LogP contribution >= 0.6 is 11.6 Å². The summed E-state index contributed by atoms with van der Waals surface area (Å²) in [5.41, 5.74) is 2.83. The van der Waals surface area contributed by atoms with Gasteiger partial charge in [-0.25, -0.2) is 19.7 Å². The average Bonchev–Trinajstić information content (AvgIpc) is 3.35. The van der Waals surface area contributed by atoms with Crippen molar-refractivity contribution in [2.45, 2.75) is 58.7 Å². The molecule has 4 N–H and O–H groups in total. The molecule has 0 radical (unpaired) electrons. The first kappa shape index (κ1) is 28.4. The van der Waals surface area contributed by atoms with Gasteiger partial charge in [0.2, 0.25) is 0 Å². The number of nitrogens with one attached hydrogen (secondary N) is 3. The van der Waals surface area contributed by atoms with Crippen LogP contribution < -0.4 is 20.3 Å². The number of piperidine rings is 1. The molecule has 0 bridgehead atoms. The molecule has 1 saturated heterocycles. The van der Waals surface area contributed by atoms with E-state index < -0.39 is 11.6 Å². The number of aromatic amines is 1. The Morgan fingerprint density at radius 2 is 2.00 bits per heavy atom. The van der Waals surface area contributed by atoms with Crippen molar-refractivity contribution in [3.8, 4) is 17.0 Å². The number of anilines is 2. The molecule has 1 aliphatic heterocycles. The summed E-state index contributed by atoms with van der Waals surface area (Å²) in [4.78, 5) is 27.7. The number of fused-ring (bicyclic) bond motifs is 1. The van der Waals surface area contributed by atoms with Crippen molar-refractivity contribution in [2.24, 2.45) is 5.41 Å². The highest BCUT2D eigenvalue weighted by Gasteiger charge is 2.43. The van der Waals surface area contributed by atoms with E-state index in [0.717, 1.165) is 11.3 Å². The zero-order valence-electron chi connectivity index (χ0n) is 23.8. The van der Waals surface area contributed by atoms with Crippen LogP contribution in [-0.4, -0.2) is 61.6 Å². The third-order valence-electron chi connectivity index (χ3n) is 7.65. The van der Waals surface area contributed by atoms with E-state index in [1.54, 1.807) is 19.5 Å². The lowest BCUT2D eigenvalue weighted by Gasteiger charge is -2.50. The van der Waals surface area contributed by atoms with Gasteiger partial charge in [0.15, 0.2) is 5.65 Å². The van der Waals surface area contributed by atoms with E-state index in [9.17, 15) is 9.90 Å². The molecule has 3 aromatic heterocycles. The van der Waals surface area contributed by atoms with Crippen molar-refractivity contribution in [1.29, 1.82) is 0 Å². The molecule has 0 spiro atoms. The molecule has 5 rings (SSSR count). The molecule has 1 aromatic carbocycles. The third kappa shape index (κ3) is 6.00. The van der Waals surface area contributed by atoms with Crippen LogP contribution in [0.15, 0.2) is 42.7 Å². The van der Waals surface area contributed by atoms with Crippen molar-refractivity contribution in [3.05, 3.63) is 53.3 Å². The predicted octanol–water partition coefficient (Wildman–Crippen LogP) is 5.73. The number of ether oxygens (including phenoxy) is 1. The monoisotopic (exact) mass is 578 g/mol. The minimum atomic E-state index is -1.01. The second kappa shape index (κ2) is 11.0. The van der Waals surface area contributed by atoms with E-state index in [1.807, 2.05) is 37.3 Å². The van der Waals surface area contributed by atoms with Crippen LogP contribution in [0.4, 0.5) is 16.4 Å². The van der Waals surface area contributed by atoms with E-state index in [-0.39, 0.29) is 11.5 Å². The van der Waals surface area contributed by atoms with Crippen LogP contribution in [0.3, 0.4) is 0 Å². The van der Waals surface area contributed by atoms with E-state index in [0.29, 0.717) is 65.0 Å². The Bertz CT molecular complexity index is 1550. The van der Waals surface area contributed by atoms with Gasteiger partial charge in [-0.3, -0.25) is 5.10 Å². The Hall–Kier alpha value is -4.12. The Balaban J connectivity index is 1.40. The zero-order valence-corrected chi connectivity index (χ0v) is 24.6. The maximum Gasteiger partial charge on any atom is 0.405 e. The molecule has 2 atom stereocenters. The highest BCUT2D eigenvalue weighted by atomic mass is 35.5. The quantitative estimate of drug-likeness (QED) is 0.216. The highest BCUT2D eigenvalue weighted by Crippen LogP contribution is 2.39. The van der Waals surface area contributed by atoms with E-state index >= 15 is 0 Å². The van der Waals surface area contributed by atoms with Crippen molar-refractivity contribution in [2.75, 3.05) is 23.9 Å². The van der Waals surface area contributed by atoms with E-state index in [2.05, 4.69) is 51.5 Å². The topological polar surface area (TPSA) is 141 Å². The molecule has 1 fully saturated rings. The number of nitrogens with zero attached hydrogens (tertiary/aromatic N) is 5. The molecular weight excluding hydrogens is 544 g/mol. The number of rotatable bonds is 7. The summed E-state index contributed by atoms with van der Waals surface area (Å²) in [6.07, 6.45) is 3.73. The number of carbonyl (C=O) groups is 1. The number of carboxylic acid groups (broad SMARTS) is 1. The fourth-order valence-corrected chi connectivity index (χ4v) is 5.65. The molecule has 11 nitrogen and oxygen atoms in total. The van der Waals surface area contributed by atoms with Gasteiger partial charge in [0.1, 0.15) is 28.6 Å². The van der Waals surface area contributed by atoms with Gasteiger partial charge in [-0.05, 0) is 48.9 Å². The van der Waals surface area contributed by atoms with E-state index in [4.69, 9.17) is 26.3 Å². The van der Waals surface area contributed by atoms with Crippen LogP contribution in [0.1, 0.15) is 46.1 Å². The molecule has 2 unspecified atom stereocenters. The number of amides is 1. The van der Waals surface area contributed by atoms with Gasteiger partial charge in [-0.1, -0.05) is 44.5 Å². The molecule has 0 aliphatic carbocycles. The molecule has 1 aliphatic rings. The fourth-order valence-electron chi connectivity index (χ4n) is 5.38. The first-order valence-electron chi connectivity index (χ1n) is 13.5. The minimum absolute atomic E-state index is 0.0382. The molecule has 4 aromatic rings. The summed E-state index contributed by atoms with van der Waals surface area (Å²) in [5.74, 6) is 2.05. The first-order valence-corrected chi connectivity index (χ1v) is 13.9. The number of hydrogen-bond donors (Lipinski definition) is 4. The summed E-state index contributed by atoms with van der Waals surface area (Å²) in [6.45, 7) is 9.61. The smallest absolute Gasteiger partial charge is 0.405 e. The van der Waals surface area contributed by atoms with Gasteiger partial charge in [0, 0.05) is 36.4 Å². The summed E-state index contributed by atoms with van der Waals surface area (Å²) in [6, 6.07) is 9.62. The SMILES string of the molecule is COc1ccc(CNc2nccc(-c3n[nH]c4nc(N5CCC(C)(NC(=O)O)CC5C(C)(C)C)cnc34)c2Cl)cc1. The maximum atomic E-state index is 11.4. The summed E-state index contributed by atoms with van der Waals surface area (Å²) >= 11 is 6.80. The molecule has 1 amide bonds. The Morgan fingerprint density at radius 1 is 1.24 bits per heavy atom. The standard InChI is InChI=1S/C29H35ClN8O3/c1-28(2,3)20-14-29(4,35-27(39)40)11-13-38(20)21-16-32-24-23(36-37-26(24)34-21)19-10-12-31-25(22(19)30)33-15-17-6-8-18(41-5)9-7-17/h6-10,12,16,20,35H,11,13-15H2,1-5H3,(H,31,33)(H,39,40)(H,34,36,37). The lowest BCUT2D eigenvalue weighted by molar-refractivity contribution is 0.148. The minimum Gasteiger partial charge on any atom is -0.497 e. The van der Waals surface area contributed by atoms with Gasteiger partial charge >= 0.3 is 6.09 Å². The number of hydrogen-bond acceptors (Lipinski definition) is 8. The van der Waals surface area contributed by atoms with Gasteiger partial charge in [0.25, 0.3) is 0 Å². The summed E-state index contributed by atoms with van der Waals surface area (Å²) in [5, 5.41) is 23.4. The zero-order chi connectivity index (χ0) is 29.4. The summed E-state index contributed by atoms with van der Waals surface area (Å²) < 4.78 is 5.23. The number of halogens is 1. The Labute approximate surface area is 243 Å². The van der Waals surface area contributed by atoms with Crippen molar-refractivity contribution < 1.29 is 14.6 Å². The van der Waals surface area contributed by atoms with E-state index in [1.165, 1.54) is 0 Å². The molecule has 41 heavy (non-hydrogen) atoms. The predicted molar refractivity (Wildman–Crippen MR) is 160 cm³/mol. The van der Waals surface area contributed by atoms with Gasteiger partial charge < -0.3 is 25.4 Å². The number of benzene rings is 1. The number of methoxy groups -OCH3 is 1. The van der Waals surface area contributed by atoms with Crippen molar-refractivity contribution in [1.82, 2.24) is 30.5 Å². The highest BCUT2D eigenvalue weighted by molar-refractivity contribution is 6.35. The van der Waals surface area contributed by atoms with Gasteiger partial charge in [0.05, 0.1) is 18.3 Å². The van der Waals surface area contributed by atoms with Crippen LogP contribution in [0.2, 0.25) is 5.02 Å². The second-order valence-corrected chi connectivity index (χ2v) is 12.1. The lowest BCUT2D eigenvalue weighted by atomic mass is 9.74. The van der Waals surface area contributed by atoms with Crippen molar-refractivity contribution in [3.63, 3.8) is 0 Å². The largest absolute Gasteiger partial charge is 0.497 e. The maximum absolute atomic E-state index is 11.4. The van der Waals surface area contributed by atoms with Crippen LogP contribution in [0.5, 0.6) is 5.75 Å².